The summed E-state index contributed by atoms with van der Waals surface area (Å²) in [6, 6.07) is 6.38. The maximum atomic E-state index is 5.94. The third kappa shape index (κ3) is 4.33. The van der Waals surface area contributed by atoms with Gasteiger partial charge in [0.05, 0.1) is 6.10 Å². The Labute approximate surface area is 115 Å². The first-order valence-corrected chi connectivity index (χ1v) is 7.62. The molecule has 1 aromatic rings. The van der Waals surface area contributed by atoms with Crippen LogP contribution < -0.4 is 15.4 Å². The van der Waals surface area contributed by atoms with E-state index in [2.05, 4.69) is 25.1 Å². The summed E-state index contributed by atoms with van der Waals surface area (Å²) in [5, 5.41) is 0. The molecule has 1 atom stereocenters. The lowest BCUT2D eigenvalue weighted by atomic mass is 10.2. The Hall–Kier alpha value is -1.03. The van der Waals surface area contributed by atoms with E-state index in [1.165, 1.54) is 0 Å². The Morgan fingerprint density at radius 2 is 1.94 bits per heavy atom. The van der Waals surface area contributed by atoms with Gasteiger partial charge in [-0.3, -0.25) is 0 Å². The molecule has 3 nitrogen and oxygen atoms in total. The molecule has 0 saturated heterocycles. The molecule has 4 heteroatoms. The molecular formula is C14H24N2OS. The Morgan fingerprint density at radius 1 is 1.28 bits per heavy atom. The number of anilines is 2. The maximum Gasteiger partial charge on any atom is 0.123 e. The van der Waals surface area contributed by atoms with Crippen molar-refractivity contribution in [3.8, 4) is 5.75 Å². The van der Waals surface area contributed by atoms with E-state index in [0.29, 0.717) is 6.04 Å². The van der Waals surface area contributed by atoms with E-state index in [1.807, 2.05) is 43.8 Å². The quantitative estimate of drug-likeness (QED) is 0.804. The Bertz CT molecular complexity index is 382. The smallest absolute Gasteiger partial charge is 0.123 e. The van der Waals surface area contributed by atoms with E-state index in [-0.39, 0.29) is 6.10 Å². The molecule has 0 saturated carbocycles. The highest BCUT2D eigenvalue weighted by Crippen LogP contribution is 2.27. The summed E-state index contributed by atoms with van der Waals surface area (Å²) in [5.41, 5.74) is 7.78. The summed E-state index contributed by atoms with van der Waals surface area (Å²) in [6.45, 7) is 6.24. The second-order valence-electron chi connectivity index (χ2n) is 4.84. The first-order chi connectivity index (χ1) is 8.43. The Kier molecular flexibility index (Phi) is 5.66. The monoisotopic (exact) mass is 268 g/mol. The minimum atomic E-state index is 0.161. The summed E-state index contributed by atoms with van der Waals surface area (Å²) in [4.78, 5) is 2.24. The first kappa shape index (κ1) is 15.0. The van der Waals surface area contributed by atoms with Crippen LogP contribution in [0.15, 0.2) is 18.2 Å². The molecule has 0 aromatic heterocycles. The van der Waals surface area contributed by atoms with Crippen LogP contribution in [0.4, 0.5) is 11.4 Å². The van der Waals surface area contributed by atoms with Gasteiger partial charge in [-0.15, -0.1) is 0 Å². The van der Waals surface area contributed by atoms with E-state index in [4.69, 9.17) is 10.5 Å². The molecule has 0 spiro atoms. The fourth-order valence-corrected chi connectivity index (χ4v) is 2.46. The largest absolute Gasteiger partial charge is 0.491 e. The number of hydrogen-bond acceptors (Lipinski definition) is 4. The number of benzene rings is 1. The second kappa shape index (κ2) is 6.78. The van der Waals surface area contributed by atoms with Crippen LogP contribution >= 0.6 is 11.8 Å². The van der Waals surface area contributed by atoms with Gasteiger partial charge in [0.2, 0.25) is 0 Å². The third-order valence-electron chi connectivity index (χ3n) is 2.76. The molecule has 0 amide bonds. The standard InChI is InChI=1S/C14H24N2OS/c1-10(2)17-14-7-12(15)6-13(8-14)16(4)11(3)9-18-5/h6-8,10-11H,9,15H2,1-5H3. The zero-order valence-corrected chi connectivity index (χ0v) is 12.8. The highest BCUT2D eigenvalue weighted by Gasteiger charge is 2.11. The number of nitrogen functional groups attached to an aromatic ring is 1. The van der Waals surface area contributed by atoms with Gasteiger partial charge in [0.1, 0.15) is 5.75 Å². The van der Waals surface area contributed by atoms with Gasteiger partial charge in [-0.1, -0.05) is 0 Å². The van der Waals surface area contributed by atoms with Crippen LogP contribution in [0, 0.1) is 0 Å². The van der Waals surface area contributed by atoms with Crippen molar-refractivity contribution in [1.82, 2.24) is 0 Å². The van der Waals surface area contributed by atoms with Crippen molar-refractivity contribution in [2.45, 2.75) is 32.9 Å². The molecule has 2 N–H and O–H groups in total. The number of nitrogens with two attached hydrogens (primary N) is 1. The molecule has 0 fully saturated rings. The van der Waals surface area contributed by atoms with E-state index in [1.54, 1.807) is 0 Å². The summed E-state index contributed by atoms with van der Waals surface area (Å²) < 4.78 is 5.71. The molecule has 0 aliphatic heterocycles. The topological polar surface area (TPSA) is 38.5 Å². The van der Waals surface area contributed by atoms with Crippen molar-refractivity contribution in [2.24, 2.45) is 0 Å². The van der Waals surface area contributed by atoms with Gasteiger partial charge < -0.3 is 15.4 Å². The Balaban J connectivity index is 2.91. The third-order valence-corrected chi connectivity index (χ3v) is 3.58. The molecule has 0 aliphatic rings. The zero-order chi connectivity index (χ0) is 13.7. The van der Waals surface area contributed by atoms with Crippen LogP contribution in [-0.4, -0.2) is 31.2 Å². The minimum Gasteiger partial charge on any atom is -0.491 e. The molecule has 18 heavy (non-hydrogen) atoms. The lowest BCUT2D eigenvalue weighted by Gasteiger charge is -2.27. The van der Waals surface area contributed by atoms with Crippen LogP contribution in [0.25, 0.3) is 0 Å². The lowest BCUT2D eigenvalue weighted by Crippen LogP contribution is -2.30. The summed E-state index contributed by atoms with van der Waals surface area (Å²) in [6.07, 6.45) is 2.28. The SMILES string of the molecule is CSCC(C)N(C)c1cc(N)cc(OC(C)C)c1. The van der Waals surface area contributed by atoms with Crippen molar-refractivity contribution in [1.29, 1.82) is 0 Å². The van der Waals surface area contributed by atoms with Crippen molar-refractivity contribution in [3.05, 3.63) is 18.2 Å². The molecule has 1 rings (SSSR count). The molecule has 0 radical (unpaired) electrons. The number of nitrogens with zero attached hydrogens (tertiary/aromatic N) is 1. The van der Waals surface area contributed by atoms with Crippen molar-refractivity contribution in [2.75, 3.05) is 29.7 Å². The van der Waals surface area contributed by atoms with Gasteiger partial charge in [0.15, 0.2) is 0 Å². The number of thioether (sulfide) groups is 1. The molecule has 0 bridgehead atoms. The second-order valence-corrected chi connectivity index (χ2v) is 5.75. The van der Waals surface area contributed by atoms with E-state index >= 15 is 0 Å². The average Bonchev–Trinajstić information content (AvgIpc) is 2.26. The number of rotatable bonds is 6. The van der Waals surface area contributed by atoms with Gasteiger partial charge in [0, 0.05) is 42.3 Å². The van der Waals surface area contributed by atoms with E-state index in [0.717, 1.165) is 22.9 Å². The molecule has 0 heterocycles. The van der Waals surface area contributed by atoms with Crippen LogP contribution in [-0.2, 0) is 0 Å². The van der Waals surface area contributed by atoms with Crippen LogP contribution in [0.2, 0.25) is 0 Å². The fraction of sp³-hybridized carbons (Fsp3) is 0.571. The van der Waals surface area contributed by atoms with Gasteiger partial charge in [-0.25, -0.2) is 0 Å². The van der Waals surface area contributed by atoms with Crippen LogP contribution in [0.1, 0.15) is 20.8 Å². The average molecular weight is 268 g/mol. The highest BCUT2D eigenvalue weighted by molar-refractivity contribution is 7.98. The van der Waals surface area contributed by atoms with E-state index < -0.39 is 0 Å². The number of hydrogen-bond donors (Lipinski definition) is 1. The Morgan fingerprint density at radius 3 is 2.50 bits per heavy atom. The summed E-state index contributed by atoms with van der Waals surface area (Å²) >= 11 is 1.85. The first-order valence-electron chi connectivity index (χ1n) is 6.23. The van der Waals surface area contributed by atoms with Crippen molar-refractivity contribution in [3.63, 3.8) is 0 Å². The summed E-state index contributed by atoms with van der Waals surface area (Å²) in [5.74, 6) is 1.93. The van der Waals surface area contributed by atoms with Crippen LogP contribution in [0.5, 0.6) is 5.75 Å². The van der Waals surface area contributed by atoms with E-state index in [9.17, 15) is 0 Å². The van der Waals surface area contributed by atoms with Gasteiger partial charge in [-0.2, -0.15) is 11.8 Å². The maximum absolute atomic E-state index is 5.94. The normalized spacial score (nSPS) is 12.6. The van der Waals surface area contributed by atoms with Crippen LogP contribution in [0.3, 0.4) is 0 Å². The summed E-state index contributed by atoms with van der Waals surface area (Å²) in [7, 11) is 2.09. The van der Waals surface area contributed by atoms with Crippen molar-refractivity contribution < 1.29 is 4.74 Å². The number of ether oxygens (including phenoxy) is 1. The molecular weight excluding hydrogens is 244 g/mol. The predicted molar refractivity (Wildman–Crippen MR) is 82.9 cm³/mol. The lowest BCUT2D eigenvalue weighted by molar-refractivity contribution is 0.242. The minimum absolute atomic E-state index is 0.161. The van der Waals surface area contributed by atoms with Gasteiger partial charge in [-0.05, 0) is 33.1 Å². The molecule has 1 aromatic carbocycles. The van der Waals surface area contributed by atoms with Crippen molar-refractivity contribution >= 4 is 23.1 Å². The fourth-order valence-electron chi connectivity index (χ4n) is 1.76. The van der Waals surface area contributed by atoms with Gasteiger partial charge in [0.25, 0.3) is 0 Å². The molecule has 0 aliphatic carbocycles. The predicted octanol–water partition coefficient (Wildman–Crippen LogP) is 3.24. The highest BCUT2D eigenvalue weighted by atomic mass is 32.2. The van der Waals surface area contributed by atoms with Gasteiger partial charge >= 0.3 is 0 Å². The zero-order valence-electron chi connectivity index (χ0n) is 11.9. The molecule has 102 valence electrons. The molecule has 1 unspecified atom stereocenters.